The fourth-order valence-corrected chi connectivity index (χ4v) is 2.14. The Labute approximate surface area is 107 Å². The maximum Gasteiger partial charge on any atom is 0.188 e. The van der Waals surface area contributed by atoms with E-state index >= 15 is 0 Å². The van der Waals surface area contributed by atoms with Crippen LogP contribution in [0.1, 0.15) is 6.92 Å². The molecule has 2 aromatic rings. The van der Waals surface area contributed by atoms with Crippen molar-refractivity contribution in [2.24, 2.45) is 0 Å². The average Bonchev–Trinajstić information content (AvgIpc) is 2.68. The number of benzene rings is 1. The van der Waals surface area contributed by atoms with Crippen LogP contribution in [0.2, 0.25) is 5.15 Å². The van der Waals surface area contributed by atoms with Crippen LogP contribution in [-0.2, 0) is 0 Å². The molecule has 0 fully saturated rings. The van der Waals surface area contributed by atoms with Gasteiger partial charge < -0.3 is 10.1 Å². The van der Waals surface area contributed by atoms with Gasteiger partial charge in [-0.3, -0.25) is 0 Å². The van der Waals surface area contributed by atoms with Gasteiger partial charge in [-0.15, -0.1) is 11.3 Å². The Kier molecular flexibility index (Phi) is 3.81. The minimum absolute atomic E-state index is 0.246. The summed E-state index contributed by atoms with van der Waals surface area (Å²) in [5.41, 5.74) is 0.608. The number of ether oxygens (including phenoxy) is 1. The molecule has 17 heavy (non-hydrogen) atoms. The molecule has 0 unspecified atom stereocenters. The summed E-state index contributed by atoms with van der Waals surface area (Å²) in [4.78, 5) is 4.01. The first kappa shape index (κ1) is 12.1. The normalized spacial score (nSPS) is 10.3. The Morgan fingerprint density at radius 2 is 2.35 bits per heavy atom. The molecular formula is C11H10ClFN2OS. The van der Waals surface area contributed by atoms with Crippen LogP contribution in [0, 0.1) is 5.82 Å². The lowest BCUT2D eigenvalue weighted by Gasteiger charge is -2.07. The van der Waals surface area contributed by atoms with Gasteiger partial charge in [0.2, 0.25) is 0 Å². The molecule has 3 nitrogen and oxygen atoms in total. The summed E-state index contributed by atoms with van der Waals surface area (Å²) >= 11 is 7.05. The highest BCUT2D eigenvalue weighted by atomic mass is 35.5. The van der Waals surface area contributed by atoms with E-state index in [4.69, 9.17) is 16.3 Å². The molecule has 1 N–H and O–H groups in total. The SMILES string of the molecule is CCOc1ccc(Nc2nc(Cl)cs2)cc1F. The molecule has 1 aromatic carbocycles. The lowest BCUT2D eigenvalue weighted by molar-refractivity contribution is 0.321. The van der Waals surface area contributed by atoms with E-state index in [1.165, 1.54) is 17.4 Å². The van der Waals surface area contributed by atoms with Gasteiger partial charge >= 0.3 is 0 Å². The predicted molar refractivity (Wildman–Crippen MR) is 68.0 cm³/mol. The van der Waals surface area contributed by atoms with E-state index < -0.39 is 5.82 Å². The zero-order valence-electron chi connectivity index (χ0n) is 9.04. The number of aromatic nitrogens is 1. The first-order valence-electron chi connectivity index (χ1n) is 4.99. The molecule has 0 aliphatic heterocycles. The van der Waals surface area contributed by atoms with Crippen molar-refractivity contribution in [1.82, 2.24) is 4.98 Å². The molecule has 0 aliphatic rings. The zero-order chi connectivity index (χ0) is 12.3. The molecule has 6 heteroatoms. The van der Waals surface area contributed by atoms with Crippen molar-refractivity contribution in [1.29, 1.82) is 0 Å². The second-order valence-corrected chi connectivity index (χ2v) is 4.42. The molecule has 2 rings (SSSR count). The molecule has 0 bridgehead atoms. The molecule has 90 valence electrons. The van der Waals surface area contributed by atoms with Gasteiger partial charge in [-0.05, 0) is 19.1 Å². The van der Waals surface area contributed by atoms with Gasteiger partial charge in [-0.25, -0.2) is 9.37 Å². The molecular weight excluding hydrogens is 263 g/mol. The number of rotatable bonds is 4. The molecule has 0 atom stereocenters. The molecule has 0 saturated heterocycles. The Balaban J connectivity index is 2.14. The van der Waals surface area contributed by atoms with Gasteiger partial charge in [0.1, 0.15) is 5.15 Å². The minimum Gasteiger partial charge on any atom is -0.491 e. The summed E-state index contributed by atoms with van der Waals surface area (Å²) in [5.74, 6) is -0.158. The van der Waals surface area contributed by atoms with Crippen molar-refractivity contribution >= 4 is 33.8 Å². The van der Waals surface area contributed by atoms with Crippen LogP contribution < -0.4 is 10.1 Å². The standard InChI is InChI=1S/C11H10ClFN2OS/c1-2-16-9-4-3-7(5-8(9)13)14-11-15-10(12)6-17-11/h3-6H,2H2,1H3,(H,14,15). The number of nitrogens with one attached hydrogen (secondary N) is 1. The lowest BCUT2D eigenvalue weighted by atomic mass is 10.3. The maximum absolute atomic E-state index is 13.5. The Morgan fingerprint density at radius 3 is 2.94 bits per heavy atom. The molecule has 0 amide bonds. The molecule has 0 saturated carbocycles. The van der Waals surface area contributed by atoms with E-state index in [1.807, 2.05) is 6.92 Å². The van der Waals surface area contributed by atoms with Crippen molar-refractivity contribution in [2.75, 3.05) is 11.9 Å². The largest absolute Gasteiger partial charge is 0.491 e. The Morgan fingerprint density at radius 1 is 1.53 bits per heavy atom. The predicted octanol–water partition coefficient (Wildman–Crippen LogP) is 4.08. The van der Waals surface area contributed by atoms with Gasteiger partial charge in [0.05, 0.1) is 6.61 Å². The van der Waals surface area contributed by atoms with E-state index in [9.17, 15) is 4.39 Å². The highest BCUT2D eigenvalue weighted by Gasteiger charge is 2.05. The second-order valence-electron chi connectivity index (χ2n) is 3.18. The highest BCUT2D eigenvalue weighted by molar-refractivity contribution is 7.14. The zero-order valence-corrected chi connectivity index (χ0v) is 10.6. The summed E-state index contributed by atoms with van der Waals surface area (Å²) in [6.07, 6.45) is 0. The van der Waals surface area contributed by atoms with Crippen LogP contribution in [0.25, 0.3) is 0 Å². The van der Waals surface area contributed by atoms with Crippen molar-refractivity contribution in [3.63, 3.8) is 0 Å². The number of anilines is 2. The van der Waals surface area contributed by atoms with Crippen LogP contribution in [0.3, 0.4) is 0 Å². The van der Waals surface area contributed by atoms with Crippen LogP contribution >= 0.6 is 22.9 Å². The first-order chi connectivity index (χ1) is 8.19. The van der Waals surface area contributed by atoms with Crippen LogP contribution in [0.5, 0.6) is 5.75 Å². The maximum atomic E-state index is 13.5. The summed E-state index contributed by atoms with van der Waals surface area (Å²) in [6, 6.07) is 4.67. The molecule has 1 heterocycles. The van der Waals surface area contributed by atoms with Crippen molar-refractivity contribution < 1.29 is 9.13 Å². The fraction of sp³-hybridized carbons (Fsp3) is 0.182. The van der Waals surface area contributed by atoms with Crippen molar-refractivity contribution in [2.45, 2.75) is 6.92 Å². The third kappa shape index (κ3) is 3.08. The molecule has 0 spiro atoms. The third-order valence-electron chi connectivity index (χ3n) is 1.96. The second kappa shape index (κ2) is 5.33. The van der Waals surface area contributed by atoms with Gasteiger partial charge in [0.25, 0.3) is 0 Å². The monoisotopic (exact) mass is 272 g/mol. The summed E-state index contributed by atoms with van der Waals surface area (Å²) in [5, 5.41) is 5.71. The molecule has 0 aliphatic carbocycles. The van der Waals surface area contributed by atoms with E-state index in [-0.39, 0.29) is 5.75 Å². The number of nitrogens with zero attached hydrogens (tertiary/aromatic N) is 1. The summed E-state index contributed by atoms with van der Waals surface area (Å²) < 4.78 is 18.6. The minimum atomic E-state index is -0.403. The van der Waals surface area contributed by atoms with E-state index in [2.05, 4.69) is 10.3 Å². The van der Waals surface area contributed by atoms with Crippen molar-refractivity contribution in [3.8, 4) is 5.75 Å². The van der Waals surface area contributed by atoms with Crippen LogP contribution in [0.4, 0.5) is 15.2 Å². The topological polar surface area (TPSA) is 34.1 Å². The smallest absolute Gasteiger partial charge is 0.188 e. The van der Waals surface area contributed by atoms with Gasteiger partial charge in [-0.1, -0.05) is 11.6 Å². The first-order valence-corrected chi connectivity index (χ1v) is 6.25. The van der Waals surface area contributed by atoms with E-state index in [0.29, 0.717) is 22.6 Å². The number of hydrogen-bond donors (Lipinski definition) is 1. The quantitative estimate of drug-likeness (QED) is 0.911. The highest BCUT2D eigenvalue weighted by Crippen LogP contribution is 2.26. The fourth-order valence-electron chi connectivity index (χ4n) is 1.29. The Hall–Kier alpha value is -1.33. The molecule has 1 aromatic heterocycles. The van der Waals surface area contributed by atoms with E-state index in [0.717, 1.165) is 0 Å². The summed E-state index contributed by atoms with van der Waals surface area (Å²) in [7, 11) is 0. The average molecular weight is 273 g/mol. The number of hydrogen-bond acceptors (Lipinski definition) is 4. The van der Waals surface area contributed by atoms with Crippen LogP contribution in [0.15, 0.2) is 23.6 Å². The third-order valence-corrected chi connectivity index (χ3v) is 3.04. The van der Waals surface area contributed by atoms with Crippen molar-refractivity contribution in [3.05, 3.63) is 34.5 Å². The number of thiazole rings is 1. The van der Waals surface area contributed by atoms with Gasteiger partial charge in [-0.2, -0.15) is 0 Å². The summed E-state index contributed by atoms with van der Waals surface area (Å²) in [6.45, 7) is 2.24. The van der Waals surface area contributed by atoms with Gasteiger partial charge in [0, 0.05) is 17.1 Å². The number of halogens is 2. The Bertz CT molecular complexity index is 518. The lowest BCUT2D eigenvalue weighted by Crippen LogP contribution is -1.96. The van der Waals surface area contributed by atoms with Gasteiger partial charge in [0.15, 0.2) is 16.7 Å². The van der Waals surface area contributed by atoms with Crippen LogP contribution in [-0.4, -0.2) is 11.6 Å². The van der Waals surface area contributed by atoms with E-state index in [1.54, 1.807) is 17.5 Å². The molecule has 0 radical (unpaired) electrons.